The van der Waals surface area contributed by atoms with Gasteiger partial charge in [0.05, 0.1) is 25.2 Å². The number of hydrogen-bond acceptors (Lipinski definition) is 4. The van der Waals surface area contributed by atoms with Gasteiger partial charge >= 0.3 is 0 Å². The molecule has 2 aliphatic rings. The fraction of sp³-hybridized carbons (Fsp3) is 0.524. The zero-order valence-corrected chi connectivity index (χ0v) is 16.0. The summed E-state index contributed by atoms with van der Waals surface area (Å²) in [7, 11) is 1.47. The van der Waals surface area contributed by atoms with Gasteiger partial charge in [0.25, 0.3) is 0 Å². The summed E-state index contributed by atoms with van der Waals surface area (Å²) in [6, 6.07) is 7.61. The minimum atomic E-state index is -0.241. The average molecular weight is 370 g/mol. The topological polar surface area (TPSA) is 70.1 Å². The molecular formula is C21H26N2O4. The van der Waals surface area contributed by atoms with E-state index in [1.807, 2.05) is 38.1 Å². The first-order valence-electron chi connectivity index (χ1n) is 9.26. The number of hydrogen-bond donors (Lipinski definition) is 1. The van der Waals surface area contributed by atoms with E-state index in [1.165, 1.54) is 7.11 Å². The van der Waals surface area contributed by atoms with Crippen molar-refractivity contribution in [3.05, 3.63) is 35.4 Å². The third kappa shape index (κ3) is 3.85. The summed E-state index contributed by atoms with van der Waals surface area (Å²) in [6.07, 6.45) is 0. The summed E-state index contributed by atoms with van der Waals surface area (Å²) < 4.78 is 4.91. The van der Waals surface area contributed by atoms with Crippen LogP contribution >= 0.6 is 0 Å². The molecule has 0 aliphatic carbocycles. The Balaban J connectivity index is 1.79. The predicted molar refractivity (Wildman–Crippen MR) is 101 cm³/mol. The molecule has 1 N–H and O–H groups in total. The Morgan fingerprint density at radius 2 is 2.04 bits per heavy atom. The highest BCUT2D eigenvalue weighted by Gasteiger charge is 2.54. The molecule has 0 radical (unpaired) electrons. The number of rotatable bonds is 4. The highest BCUT2D eigenvalue weighted by atomic mass is 16.5. The first-order valence-corrected chi connectivity index (χ1v) is 9.26. The number of carbonyl (C=O) groups excluding carboxylic acids is 2. The van der Waals surface area contributed by atoms with Crippen LogP contribution in [0.5, 0.6) is 0 Å². The molecule has 6 heteroatoms. The molecule has 2 heterocycles. The van der Waals surface area contributed by atoms with E-state index in [0.29, 0.717) is 12.5 Å². The second kappa shape index (κ2) is 8.12. The Morgan fingerprint density at radius 1 is 1.33 bits per heavy atom. The summed E-state index contributed by atoms with van der Waals surface area (Å²) in [5, 5.41) is 9.82. The van der Waals surface area contributed by atoms with Gasteiger partial charge in [0.2, 0.25) is 11.8 Å². The van der Waals surface area contributed by atoms with Crippen molar-refractivity contribution in [2.45, 2.75) is 31.8 Å². The number of aliphatic hydroxyl groups is 1. The smallest absolute Gasteiger partial charge is 0.249 e. The van der Waals surface area contributed by atoms with Crippen LogP contribution in [-0.2, 0) is 14.3 Å². The largest absolute Gasteiger partial charge is 0.394 e. The van der Waals surface area contributed by atoms with Gasteiger partial charge in [0.15, 0.2) is 0 Å². The van der Waals surface area contributed by atoms with Crippen LogP contribution in [0, 0.1) is 17.8 Å². The van der Waals surface area contributed by atoms with Gasteiger partial charge in [-0.25, -0.2) is 0 Å². The van der Waals surface area contributed by atoms with Crippen LogP contribution in [0.1, 0.15) is 30.9 Å². The number of methoxy groups -OCH3 is 1. The van der Waals surface area contributed by atoms with Crippen LogP contribution in [0.3, 0.4) is 0 Å². The third-order valence-electron chi connectivity index (χ3n) is 5.17. The molecule has 2 aliphatic heterocycles. The molecule has 0 aromatic heterocycles. The number of carbonyl (C=O) groups is 2. The van der Waals surface area contributed by atoms with Gasteiger partial charge < -0.3 is 19.6 Å². The fourth-order valence-corrected chi connectivity index (χ4v) is 3.92. The molecule has 2 saturated heterocycles. The maximum absolute atomic E-state index is 12.5. The molecule has 0 unspecified atom stereocenters. The lowest BCUT2D eigenvalue weighted by Crippen LogP contribution is -2.73. The summed E-state index contributed by atoms with van der Waals surface area (Å²) in [6.45, 7) is 4.49. The molecule has 3 atom stereocenters. The van der Waals surface area contributed by atoms with Gasteiger partial charge in [-0.15, -0.1) is 0 Å². The van der Waals surface area contributed by atoms with Crippen molar-refractivity contribution in [2.24, 2.45) is 5.92 Å². The standard InChI is InChI=1S/C21H26N2O4/c1-14(2)4-5-15-6-8-16(9-7-15)21-17-10-22(20(26)13-27-3)11-19(25)23(17)18(21)12-24/h6-9,14,17-18,21,24H,10-13H2,1-3H3/t17-,18+,21+/m0/s1. The lowest BCUT2D eigenvalue weighted by Gasteiger charge is -2.58. The quantitative estimate of drug-likeness (QED) is 0.798. The molecule has 2 amide bonds. The number of amides is 2. The zero-order valence-electron chi connectivity index (χ0n) is 16.0. The average Bonchev–Trinajstić information content (AvgIpc) is 2.62. The van der Waals surface area contributed by atoms with Crippen LogP contribution in [0.4, 0.5) is 0 Å². The van der Waals surface area contributed by atoms with Gasteiger partial charge in [-0.05, 0) is 17.7 Å². The van der Waals surface area contributed by atoms with Crippen LogP contribution in [0.2, 0.25) is 0 Å². The van der Waals surface area contributed by atoms with Gasteiger partial charge in [0, 0.05) is 31.1 Å². The normalized spacial score (nSPS) is 24.2. The molecule has 27 heavy (non-hydrogen) atoms. The molecule has 0 saturated carbocycles. The van der Waals surface area contributed by atoms with Gasteiger partial charge in [-0.1, -0.05) is 37.8 Å². The minimum absolute atomic E-state index is 0.00389. The van der Waals surface area contributed by atoms with E-state index in [-0.39, 0.29) is 49.6 Å². The van der Waals surface area contributed by atoms with Crippen molar-refractivity contribution in [3.63, 3.8) is 0 Å². The van der Waals surface area contributed by atoms with Crippen LogP contribution in [0.15, 0.2) is 24.3 Å². The van der Waals surface area contributed by atoms with E-state index in [9.17, 15) is 14.7 Å². The Kier molecular flexibility index (Phi) is 5.83. The van der Waals surface area contributed by atoms with Crippen LogP contribution in [-0.4, -0.2) is 72.2 Å². The lowest BCUT2D eigenvalue weighted by atomic mass is 9.73. The van der Waals surface area contributed by atoms with E-state index in [2.05, 4.69) is 11.8 Å². The summed E-state index contributed by atoms with van der Waals surface area (Å²) in [5.74, 6) is 6.29. The number of aliphatic hydroxyl groups excluding tert-OH is 1. The van der Waals surface area contributed by atoms with Gasteiger partial charge in [0.1, 0.15) is 6.61 Å². The van der Waals surface area contributed by atoms with Crippen molar-refractivity contribution in [3.8, 4) is 11.8 Å². The third-order valence-corrected chi connectivity index (χ3v) is 5.17. The SMILES string of the molecule is COCC(=O)N1CC(=O)N2[C@H](CO)[C@H](c3ccc(C#CC(C)C)cc3)[C@@H]2C1. The minimum Gasteiger partial charge on any atom is -0.394 e. The molecule has 6 nitrogen and oxygen atoms in total. The molecule has 144 valence electrons. The second-order valence-electron chi connectivity index (χ2n) is 7.40. The number of ether oxygens (including phenoxy) is 1. The van der Waals surface area contributed by atoms with Crippen molar-refractivity contribution in [2.75, 3.05) is 33.4 Å². The van der Waals surface area contributed by atoms with Crippen molar-refractivity contribution < 1.29 is 19.4 Å². The Bertz CT molecular complexity index is 763. The van der Waals surface area contributed by atoms with E-state index < -0.39 is 0 Å². The van der Waals surface area contributed by atoms with Crippen molar-refractivity contribution in [1.82, 2.24) is 9.80 Å². The number of piperazine rings is 1. The summed E-state index contributed by atoms with van der Waals surface area (Å²) in [4.78, 5) is 27.9. The molecule has 2 fully saturated rings. The maximum atomic E-state index is 12.5. The Labute approximate surface area is 160 Å². The van der Waals surface area contributed by atoms with E-state index in [4.69, 9.17) is 4.74 Å². The van der Waals surface area contributed by atoms with Gasteiger partial charge in [-0.2, -0.15) is 0 Å². The summed E-state index contributed by atoms with van der Waals surface area (Å²) in [5.41, 5.74) is 2.00. The Hall–Kier alpha value is -2.36. The fourth-order valence-electron chi connectivity index (χ4n) is 3.92. The number of fused-ring (bicyclic) bond motifs is 1. The lowest BCUT2D eigenvalue weighted by molar-refractivity contribution is -0.168. The monoisotopic (exact) mass is 370 g/mol. The highest BCUT2D eigenvalue weighted by Crippen LogP contribution is 2.42. The first kappa shape index (κ1) is 19.4. The first-order chi connectivity index (χ1) is 13.0. The van der Waals surface area contributed by atoms with E-state index >= 15 is 0 Å². The number of nitrogens with zero attached hydrogens (tertiary/aromatic N) is 2. The zero-order chi connectivity index (χ0) is 19.6. The molecule has 3 rings (SSSR count). The van der Waals surface area contributed by atoms with Crippen molar-refractivity contribution in [1.29, 1.82) is 0 Å². The maximum Gasteiger partial charge on any atom is 0.249 e. The van der Waals surface area contributed by atoms with Crippen LogP contribution in [0.25, 0.3) is 0 Å². The van der Waals surface area contributed by atoms with E-state index in [0.717, 1.165) is 11.1 Å². The molecule has 1 aromatic rings. The Morgan fingerprint density at radius 3 is 2.63 bits per heavy atom. The van der Waals surface area contributed by atoms with Gasteiger partial charge in [-0.3, -0.25) is 9.59 Å². The molecule has 0 bridgehead atoms. The van der Waals surface area contributed by atoms with E-state index in [1.54, 1.807) is 9.80 Å². The molecular weight excluding hydrogens is 344 g/mol. The highest BCUT2D eigenvalue weighted by molar-refractivity contribution is 5.88. The summed E-state index contributed by atoms with van der Waals surface area (Å²) >= 11 is 0. The van der Waals surface area contributed by atoms with Crippen LogP contribution < -0.4 is 0 Å². The molecule has 0 spiro atoms. The number of benzene rings is 1. The van der Waals surface area contributed by atoms with Crippen molar-refractivity contribution >= 4 is 11.8 Å². The predicted octanol–water partition coefficient (Wildman–Crippen LogP) is 0.838. The second-order valence-corrected chi connectivity index (χ2v) is 7.40. The molecule has 1 aromatic carbocycles.